The van der Waals surface area contributed by atoms with Crippen LogP contribution in [0.3, 0.4) is 0 Å². The fraction of sp³-hybridized carbons (Fsp3) is 0.282. The number of benzene rings is 3. The third-order valence-corrected chi connectivity index (χ3v) is 14.4. The summed E-state index contributed by atoms with van der Waals surface area (Å²) >= 11 is 0. The molecular weight excluding hydrogens is 558 g/mol. The minimum atomic E-state index is -1.46. The van der Waals surface area contributed by atoms with Crippen molar-refractivity contribution in [1.82, 2.24) is 0 Å². The van der Waals surface area contributed by atoms with Crippen LogP contribution in [0.4, 0.5) is 0 Å². The van der Waals surface area contributed by atoms with Crippen LogP contribution in [-0.4, -0.2) is 51.2 Å². The first kappa shape index (κ1) is 34.3. The summed E-state index contributed by atoms with van der Waals surface area (Å²) in [5.41, 5.74) is 4.00. The van der Waals surface area contributed by atoms with Gasteiger partial charge in [-0.2, -0.15) is 0 Å². The molecule has 3 aromatic carbocycles. The first-order chi connectivity index (χ1) is 21.0. The van der Waals surface area contributed by atoms with Gasteiger partial charge in [-0.15, -0.1) is 0 Å². The summed E-state index contributed by atoms with van der Waals surface area (Å²) in [6, 6.07) is 33.2. The van der Waals surface area contributed by atoms with Crippen LogP contribution in [0, 0.1) is 0 Å². The van der Waals surface area contributed by atoms with Gasteiger partial charge in [-0.1, -0.05) is 110 Å². The minimum absolute atomic E-state index is 0.257. The average molecular weight is 608 g/mol. The Bertz CT molecular complexity index is 1360. The Morgan fingerprint density at radius 1 is 0.674 bits per heavy atom. The van der Waals surface area contributed by atoms with Crippen molar-refractivity contribution < 1.29 is 0 Å². The minimum Gasteiger partial charge on any atom is -0.297 e. The number of aliphatic imine (C=N–C) groups is 2. The summed E-state index contributed by atoms with van der Waals surface area (Å²) < 4.78 is 0. The molecule has 0 N–H and O–H groups in total. The van der Waals surface area contributed by atoms with E-state index in [2.05, 4.69) is 152 Å². The lowest BCUT2D eigenvalue weighted by Crippen LogP contribution is -2.24. The number of hydrogen-bond donors (Lipinski definition) is 0. The highest BCUT2D eigenvalue weighted by Gasteiger charge is 2.36. The molecular formula is C39H49N2P2+. The highest BCUT2D eigenvalue weighted by atomic mass is 31.2. The second-order valence-corrected chi connectivity index (χ2v) is 17.4. The fourth-order valence-electron chi connectivity index (χ4n) is 5.01. The van der Waals surface area contributed by atoms with Crippen molar-refractivity contribution in [3.05, 3.63) is 139 Å². The molecule has 0 spiro atoms. The molecule has 0 aliphatic carbocycles. The Balaban J connectivity index is 1.62. The molecule has 3 rings (SSSR count). The van der Waals surface area contributed by atoms with Crippen molar-refractivity contribution in [2.75, 3.05) is 39.2 Å². The monoisotopic (exact) mass is 607 g/mol. The summed E-state index contributed by atoms with van der Waals surface area (Å²) in [7, 11) is 2.01. The molecule has 1 atom stereocenters. The Hall–Kier alpha value is -3.18. The van der Waals surface area contributed by atoms with E-state index in [4.69, 9.17) is 0 Å². The van der Waals surface area contributed by atoms with Gasteiger partial charge in [-0.05, 0) is 80.7 Å². The highest BCUT2D eigenvalue weighted by molar-refractivity contribution is 7.88. The molecule has 0 aliphatic heterocycles. The maximum atomic E-state index is 4.65. The molecule has 0 heterocycles. The van der Waals surface area contributed by atoms with Gasteiger partial charge in [0.2, 0.25) is 0 Å². The van der Waals surface area contributed by atoms with Crippen molar-refractivity contribution in [2.45, 2.75) is 33.1 Å². The third kappa shape index (κ3) is 11.8. The molecule has 0 amide bonds. The number of allylic oxidation sites excluding steroid dienone is 8. The zero-order valence-corrected chi connectivity index (χ0v) is 28.5. The summed E-state index contributed by atoms with van der Waals surface area (Å²) in [6.07, 6.45) is 21.5. The molecule has 43 heavy (non-hydrogen) atoms. The molecule has 0 fully saturated rings. The Labute approximate surface area is 263 Å². The molecule has 1 unspecified atom stereocenters. The van der Waals surface area contributed by atoms with Crippen LogP contribution < -0.4 is 15.9 Å². The molecule has 0 bridgehead atoms. The van der Waals surface area contributed by atoms with Gasteiger partial charge in [0.1, 0.15) is 0 Å². The van der Waals surface area contributed by atoms with Gasteiger partial charge in [0.25, 0.3) is 0 Å². The molecule has 4 heteroatoms. The smallest absolute Gasteiger partial charge is 0.0989 e. The lowest BCUT2D eigenvalue weighted by atomic mass is 10.2. The van der Waals surface area contributed by atoms with Crippen LogP contribution in [0.2, 0.25) is 0 Å². The molecule has 0 aromatic heterocycles. The second-order valence-electron chi connectivity index (χ2n) is 11.1. The molecule has 3 aromatic rings. The van der Waals surface area contributed by atoms with E-state index in [-0.39, 0.29) is 7.92 Å². The lowest BCUT2D eigenvalue weighted by Gasteiger charge is -2.23. The Morgan fingerprint density at radius 2 is 1.21 bits per heavy atom. The van der Waals surface area contributed by atoms with Crippen molar-refractivity contribution in [2.24, 2.45) is 9.98 Å². The van der Waals surface area contributed by atoms with Gasteiger partial charge in [-0.3, -0.25) is 9.98 Å². The van der Waals surface area contributed by atoms with E-state index in [0.717, 1.165) is 25.4 Å². The maximum Gasteiger partial charge on any atom is 0.0989 e. The number of hydrogen-bond acceptors (Lipinski definition) is 2. The second kappa shape index (κ2) is 19.2. The van der Waals surface area contributed by atoms with Gasteiger partial charge in [0.05, 0.1) is 30.7 Å². The van der Waals surface area contributed by atoms with E-state index in [1.807, 2.05) is 19.3 Å². The molecule has 0 aliphatic rings. The third-order valence-electron chi connectivity index (χ3n) is 7.82. The highest BCUT2D eigenvalue weighted by Crippen LogP contribution is 2.53. The first-order valence-electron chi connectivity index (χ1n) is 15.3. The van der Waals surface area contributed by atoms with Crippen LogP contribution in [-0.2, 0) is 0 Å². The van der Waals surface area contributed by atoms with Crippen molar-refractivity contribution in [3.8, 4) is 0 Å². The average Bonchev–Trinajstić information content (AvgIpc) is 3.06. The van der Waals surface area contributed by atoms with Crippen molar-refractivity contribution in [3.63, 3.8) is 0 Å². The standard InChI is InChI=1S/C39H49N2P2/c1-34(18-15-16-30-40-3)27-31-42(37-21-9-6-10-22-37)32-28-36(41-4)20-17-19-35(2)29-33-43(5,38-23-11-7-12-24-38)39-25-13-8-14-26-39/h6-26,30H,27-29,31-33H2,1-5H3/q+1/b16-15-,20-17-,34-18+,35-19+,40-30?,41-36?. The van der Waals surface area contributed by atoms with Crippen LogP contribution in [0.15, 0.2) is 149 Å². The van der Waals surface area contributed by atoms with Gasteiger partial charge in [-0.25, -0.2) is 0 Å². The van der Waals surface area contributed by atoms with Gasteiger partial charge < -0.3 is 0 Å². The molecule has 0 radical (unpaired) electrons. The Kier molecular flexibility index (Phi) is 15.3. The summed E-state index contributed by atoms with van der Waals surface area (Å²) in [5, 5.41) is 4.44. The van der Waals surface area contributed by atoms with Crippen LogP contribution >= 0.6 is 15.2 Å². The van der Waals surface area contributed by atoms with Crippen molar-refractivity contribution in [1.29, 1.82) is 0 Å². The fourth-order valence-corrected chi connectivity index (χ4v) is 10.7. The zero-order chi connectivity index (χ0) is 30.8. The molecule has 0 saturated carbocycles. The van der Waals surface area contributed by atoms with Gasteiger partial charge in [0.15, 0.2) is 0 Å². The van der Waals surface area contributed by atoms with Crippen LogP contribution in [0.1, 0.15) is 33.1 Å². The Morgan fingerprint density at radius 3 is 1.79 bits per heavy atom. The maximum absolute atomic E-state index is 4.65. The van der Waals surface area contributed by atoms with E-state index < -0.39 is 7.26 Å². The van der Waals surface area contributed by atoms with Crippen LogP contribution in [0.5, 0.6) is 0 Å². The van der Waals surface area contributed by atoms with E-state index in [1.165, 1.54) is 45.1 Å². The number of rotatable bonds is 16. The summed E-state index contributed by atoms with van der Waals surface area (Å²) in [4.78, 5) is 8.66. The lowest BCUT2D eigenvalue weighted by molar-refractivity contribution is 1.10. The normalized spacial score (nSPS) is 14.3. The summed E-state index contributed by atoms with van der Waals surface area (Å²) in [6.45, 7) is 6.98. The predicted octanol–water partition coefficient (Wildman–Crippen LogP) is 9.04. The number of nitrogens with zero attached hydrogens (tertiary/aromatic N) is 2. The predicted molar refractivity (Wildman–Crippen MR) is 200 cm³/mol. The van der Waals surface area contributed by atoms with E-state index in [1.54, 1.807) is 7.05 Å². The van der Waals surface area contributed by atoms with E-state index >= 15 is 0 Å². The topological polar surface area (TPSA) is 24.7 Å². The SMILES string of the molecule is CN=C/C=C\C=C(/C)CCP(CCC(/C=C\C=C(/C)CC[P+](C)(c1ccccc1)c1ccccc1)=NC)c1ccccc1. The molecule has 2 nitrogen and oxygen atoms in total. The van der Waals surface area contributed by atoms with Gasteiger partial charge >= 0.3 is 0 Å². The quantitative estimate of drug-likeness (QED) is 0.0882. The summed E-state index contributed by atoms with van der Waals surface area (Å²) in [5.74, 6) is 0. The van der Waals surface area contributed by atoms with Gasteiger partial charge in [0, 0.05) is 32.4 Å². The first-order valence-corrected chi connectivity index (χ1v) is 19.4. The molecule has 224 valence electrons. The van der Waals surface area contributed by atoms with E-state index in [9.17, 15) is 0 Å². The molecule has 0 saturated heterocycles. The van der Waals surface area contributed by atoms with Crippen molar-refractivity contribution >= 4 is 43.0 Å². The zero-order valence-electron chi connectivity index (χ0n) is 26.7. The largest absolute Gasteiger partial charge is 0.297 e. The van der Waals surface area contributed by atoms with E-state index in [0.29, 0.717) is 0 Å². The van der Waals surface area contributed by atoms with Crippen LogP contribution in [0.25, 0.3) is 0 Å².